The standard InChI is InChI=1S/C30H27F3N6O5S/c1-17-15-38(27(41)7-4-18(2)40)8-9-39(17)29-22-10-19(5-6-25(22)35-16-36-29)20-11-26(30(44-3)34-14-20)37-45(42,43)28-23(32)12-21(31)13-24(28)33/h4-7,10-14,16-17,37H,8-9,15H2,1-3H3/b7-4+/t17-/m0/s1. The summed E-state index contributed by atoms with van der Waals surface area (Å²) in [6, 6.07) is 7.07. The number of halogens is 3. The summed E-state index contributed by atoms with van der Waals surface area (Å²) >= 11 is 0. The van der Waals surface area contributed by atoms with Gasteiger partial charge in [-0.1, -0.05) is 6.07 Å². The SMILES string of the molecule is COc1ncc(-c2ccc3ncnc(N4CCN(C(=O)/C=C/C(C)=O)C[C@@H]4C)c3c2)cc1NS(=O)(=O)c1c(F)cc(F)cc1F. The van der Waals surface area contributed by atoms with Gasteiger partial charge in [0.1, 0.15) is 35.3 Å². The minimum absolute atomic E-state index is 0.133. The Morgan fingerprint density at radius 1 is 1.00 bits per heavy atom. The van der Waals surface area contributed by atoms with Gasteiger partial charge in [0.25, 0.3) is 10.0 Å². The molecule has 5 rings (SSSR count). The molecule has 0 spiro atoms. The largest absolute Gasteiger partial charge is 0.480 e. The number of piperazine rings is 1. The molecule has 0 aliphatic carbocycles. The molecular weight excluding hydrogens is 613 g/mol. The summed E-state index contributed by atoms with van der Waals surface area (Å²) < 4.78 is 75.3. The number of pyridine rings is 1. The van der Waals surface area contributed by atoms with E-state index in [2.05, 4.69) is 19.7 Å². The quantitative estimate of drug-likeness (QED) is 0.283. The molecule has 0 radical (unpaired) electrons. The van der Waals surface area contributed by atoms with Crippen molar-refractivity contribution in [3.63, 3.8) is 0 Å². The molecule has 1 aliphatic rings. The molecule has 1 N–H and O–H groups in total. The zero-order valence-corrected chi connectivity index (χ0v) is 25.1. The number of hydrogen-bond donors (Lipinski definition) is 1. The number of ether oxygens (including phenoxy) is 1. The zero-order chi connectivity index (χ0) is 32.5. The Bertz CT molecular complexity index is 1930. The minimum Gasteiger partial charge on any atom is -0.480 e. The molecule has 1 aliphatic heterocycles. The van der Waals surface area contributed by atoms with Crippen molar-refractivity contribution in [2.75, 3.05) is 36.4 Å². The van der Waals surface area contributed by atoms with E-state index in [0.717, 1.165) is 0 Å². The van der Waals surface area contributed by atoms with Crippen LogP contribution in [0.5, 0.6) is 5.88 Å². The number of amides is 1. The lowest BCUT2D eigenvalue weighted by Gasteiger charge is -2.40. The van der Waals surface area contributed by atoms with Crippen molar-refractivity contribution in [3.8, 4) is 17.0 Å². The van der Waals surface area contributed by atoms with Crippen LogP contribution in [0.4, 0.5) is 24.7 Å². The van der Waals surface area contributed by atoms with Crippen LogP contribution in [0, 0.1) is 17.5 Å². The van der Waals surface area contributed by atoms with Crippen LogP contribution in [0.3, 0.4) is 0 Å². The molecule has 45 heavy (non-hydrogen) atoms. The van der Waals surface area contributed by atoms with Crippen LogP contribution < -0.4 is 14.4 Å². The van der Waals surface area contributed by atoms with Crippen molar-refractivity contribution in [1.29, 1.82) is 0 Å². The Labute approximate surface area is 256 Å². The maximum Gasteiger partial charge on any atom is 0.267 e. The Morgan fingerprint density at radius 3 is 2.40 bits per heavy atom. The summed E-state index contributed by atoms with van der Waals surface area (Å²) in [5.41, 5.74) is 1.43. The zero-order valence-electron chi connectivity index (χ0n) is 24.3. The first-order chi connectivity index (χ1) is 21.4. The molecule has 1 saturated heterocycles. The molecule has 1 atom stereocenters. The number of carbonyl (C=O) groups is 2. The molecule has 0 unspecified atom stereocenters. The molecule has 1 fully saturated rings. The van der Waals surface area contributed by atoms with Gasteiger partial charge in [0.15, 0.2) is 10.7 Å². The van der Waals surface area contributed by atoms with Crippen LogP contribution >= 0.6 is 0 Å². The number of benzene rings is 2. The van der Waals surface area contributed by atoms with E-state index in [1.165, 1.54) is 44.8 Å². The topological polar surface area (TPSA) is 135 Å². The van der Waals surface area contributed by atoms with E-state index in [-0.39, 0.29) is 41.4 Å². The second-order valence-electron chi connectivity index (χ2n) is 10.3. The predicted octanol–water partition coefficient (Wildman–Crippen LogP) is 4.10. The second-order valence-corrected chi connectivity index (χ2v) is 11.9. The number of ketones is 1. The summed E-state index contributed by atoms with van der Waals surface area (Å²) in [4.78, 5) is 39.2. The molecule has 11 nitrogen and oxygen atoms in total. The summed E-state index contributed by atoms with van der Waals surface area (Å²) in [6.45, 7) is 4.58. The number of anilines is 2. The lowest BCUT2D eigenvalue weighted by atomic mass is 10.0. The highest BCUT2D eigenvalue weighted by molar-refractivity contribution is 7.92. The van der Waals surface area contributed by atoms with Gasteiger partial charge in [-0.15, -0.1) is 0 Å². The van der Waals surface area contributed by atoms with Gasteiger partial charge in [-0.2, -0.15) is 0 Å². The highest BCUT2D eigenvalue weighted by Gasteiger charge is 2.29. The van der Waals surface area contributed by atoms with Gasteiger partial charge in [-0.3, -0.25) is 14.3 Å². The van der Waals surface area contributed by atoms with Crippen LogP contribution in [-0.4, -0.2) is 72.7 Å². The number of methoxy groups -OCH3 is 1. The molecule has 0 saturated carbocycles. The van der Waals surface area contributed by atoms with Crippen LogP contribution in [0.2, 0.25) is 0 Å². The fourth-order valence-corrected chi connectivity index (χ4v) is 6.21. The molecular formula is C30H27F3N6O5S. The summed E-state index contributed by atoms with van der Waals surface area (Å²) in [6.07, 6.45) is 5.37. The molecule has 2 aromatic carbocycles. The average molecular weight is 641 g/mol. The maximum absolute atomic E-state index is 14.3. The van der Waals surface area contributed by atoms with Crippen LogP contribution in [-0.2, 0) is 19.6 Å². The fraction of sp³-hybridized carbons (Fsp3) is 0.233. The summed E-state index contributed by atoms with van der Waals surface area (Å²) in [5.74, 6) is -4.49. The number of carbonyl (C=O) groups excluding carboxylic acids is 2. The van der Waals surface area contributed by atoms with Gasteiger partial charge < -0.3 is 14.5 Å². The van der Waals surface area contributed by atoms with Gasteiger partial charge in [-0.05, 0) is 43.7 Å². The summed E-state index contributed by atoms with van der Waals surface area (Å²) in [5, 5.41) is 0.673. The smallest absolute Gasteiger partial charge is 0.267 e. The van der Waals surface area contributed by atoms with E-state index in [9.17, 15) is 31.2 Å². The third-order valence-corrected chi connectivity index (χ3v) is 8.56. The predicted molar refractivity (Wildman–Crippen MR) is 160 cm³/mol. The van der Waals surface area contributed by atoms with E-state index < -0.39 is 32.4 Å². The first-order valence-electron chi connectivity index (χ1n) is 13.6. The highest BCUT2D eigenvalue weighted by Crippen LogP contribution is 2.34. The molecule has 1 amide bonds. The van der Waals surface area contributed by atoms with Gasteiger partial charge in [0.2, 0.25) is 11.8 Å². The number of hydrogen-bond acceptors (Lipinski definition) is 9. The van der Waals surface area contributed by atoms with Crippen LogP contribution in [0.1, 0.15) is 13.8 Å². The van der Waals surface area contributed by atoms with Crippen LogP contribution in [0.25, 0.3) is 22.0 Å². The van der Waals surface area contributed by atoms with Crippen molar-refractivity contribution < 1.29 is 35.9 Å². The van der Waals surface area contributed by atoms with Crippen LogP contribution in [0.15, 0.2) is 66.0 Å². The van der Waals surface area contributed by atoms with Crippen molar-refractivity contribution in [2.24, 2.45) is 0 Å². The number of nitrogens with zero attached hydrogens (tertiary/aromatic N) is 5. The van der Waals surface area contributed by atoms with Gasteiger partial charge >= 0.3 is 0 Å². The van der Waals surface area contributed by atoms with Crippen molar-refractivity contribution >= 4 is 44.1 Å². The fourth-order valence-electron chi connectivity index (χ4n) is 5.05. The summed E-state index contributed by atoms with van der Waals surface area (Å²) in [7, 11) is -3.62. The number of nitrogens with one attached hydrogen (secondary N) is 1. The molecule has 4 aromatic rings. The van der Waals surface area contributed by atoms with Crippen molar-refractivity contribution in [2.45, 2.75) is 24.8 Å². The molecule has 234 valence electrons. The second kappa shape index (κ2) is 12.5. The highest BCUT2D eigenvalue weighted by atomic mass is 32.2. The number of rotatable bonds is 8. The number of fused-ring (bicyclic) bond motifs is 1. The third-order valence-electron chi connectivity index (χ3n) is 7.14. The Hall–Kier alpha value is -5.05. The minimum atomic E-state index is -4.87. The van der Waals surface area contributed by atoms with Crippen molar-refractivity contribution in [1.82, 2.24) is 19.9 Å². The molecule has 15 heteroatoms. The number of aromatic nitrogens is 3. The maximum atomic E-state index is 14.3. The molecule has 0 bridgehead atoms. The Balaban J connectivity index is 1.47. The van der Waals surface area contributed by atoms with Gasteiger partial charge in [0, 0.05) is 61.0 Å². The van der Waals surface area contributed by atoms with E-state index in [1.54, 1.807) is 23.1 Å². The van der Waals surface area contributed by atoms with E-state index in [4.69, 9.17) is 4.74 Å². The number of sulfonamides is 1. The van der Waals surface area contributed by atoms with Crippen molar-refractivity contribution in [3.05, 3.63) is 78.5 Å². The Morgan fingerprint density at radius 2 is 1.73 bits per heavy atom. The average Bonchev–Trinajstić information content (AvgIpc) is 2.98. The van der Waals surface area contributed by atoms with E-state index in [1.807, 2.05) is 11.8 Å². The first kappa shape index (κ1) is 31.4. The monoisotopic (exact) mass is 640 g/mol. The first-order valence-corrected chi connectivity index (χ1v) is 15.1. The van der Waals surface area contributed by atoms with Gasteiger partial charge in [-0.25, -0.2) is 36.5 Å². The number of allylic oxidation sites excluding steroid dienone is 1. The van der Waals surface area contributed by atoms with E-state index in [0.29, 0.717) is 47.5 Å². The van der Waals surface area contributed by atoms with Gasteiger partial charge in [0.05, 0.1) is 12.6 Å². The van der Waals surface area contributed by atoms with E-state index >= 15 is 0 Å². The Kier molecular flexibility index (Phi) is 8.73. The third kappa shape index (κ3) is 6.57. The lowest BCUT2D eigenvalue weighted by molar-refractivity contribution is -0.127. The lowest BCUT2D eigenvalue weighted by Crippen LogP contribution is -2.53. The molecule has 3 heterocycles. The molecule has 2 aromatic heterocycles. The normalized spacial score (nSPS) is 15.5.